The number of esters is 1. The van der Waals surface area contributed by atoms with Crippen LogP contribution in [0.5, 0.6) is 0 Å². The van der Waals surface area contributed by atoms with Crippen LogP contribution >= 0.6 is 22.6 Å². The van der Waals surface area contributed by atoms with Crippen LogP contribution in [0.2, 0.25) is 0 Å². The van der Waals surface area contributed by atoms with Crippen LogP contribution in [0.1, 0.15) is 12.1 Å². The summed E-state index contributed by atoms with van der Waals surface area (Å²) in [4.78, 5) is 15.7. The van der Waals surface area contributed by atoms with Crippen molar-refractivity contribution in [3.8, 4) is 0 Å². The molecule has 0 spiro atoms. The Morgan fingerprint density at radius 3 is 3.00 bits per heavy atom. The van der Waals surface area contributed by atoms with E-state index in [1.807, 2.05) is 18.2 Å². The quantitative estimate of drug-likeness (QED) is 0.486. The van der Waals surface area contributed by atoms with Crippen LogP contribution in [0.15, 0.2) is 24.4 Å². The van der Waals surface area contributed by atoms with E-state index in [1.54, 1.807) is 6.20 Å². The molecule has 0 unspecified atom stereocenters. The summed E-state index contributed by atoms with van der Waals surface area (Å²) in [6.07, 6.45) is 3.39. The van der Waals surface area contributed by atoms with Crippen LogP contribution in [0.4, 0.5) is 0 Å². The van der Waals surface area contributed by atoms with Gasteiger partial charge < -0.3 is 4.74 Å². The lowest BCUT2D eigenvalue weighted by atomic mass is 9.99. The molecule has 0 bridgehead atoms. The first kappa shape index (κ1) is 10.9. The van der Waals surface area contributed by atoms with Gasteiger partial charge in [0.15, 0.2) is 0 Å². The lowest BCUT2D eigenvalue weighted by molar-refractivity contribution is -0.143. The zero-order valence-corrected chi connectivity index (χ0v) is 10.4. The SMILES string of the molecule is O=C1O[C@H](CI)C[C@H]1Cc1ccccn1. The highest BCUT2D eigenvalue weighted by molar-refractivity contribution is 14.1. The molecule has 4 heteroatoms. The van der Waals surface area contributed by atoms with Gasteiger partial charge in [-0.25, -0.2) is 0 Å². The first-order chi connectivity index (χ1) is 7.29. The van der Waals surface area contributed by atoms with Gasteiger partial charge >= 0.3 is 5.97 Å². The average Bonchev–Trinajstić information content (AvgIpc) is 2.61. The molecule has 1 aromatic heterocycles. The van der Waals surface area contributed by atoms with Crippen LogP contribution in [0.3, 0.4) is 0 Å². The van der Waals surface area contributed by atoms with Crippen molar-refractivity contribution in [1.82, 2.24) is 4.98 Å². The topological polar surface area (TPSA) is 39.2 Å². The fourth-order valence-electron chi connectivity index (χ4n) is 1.75. The highest BCUT2D eigenvalue weighted by atomic mass is 127. The lowest BCUT2D eigenvalue weighted by Gasteiger charge is -2.03. The fourth-order valence-corrected chi connectivity index (χ4v) is 2.29. The molecule has 2 rings (SSSR count). The van der Waals surface area contributed by atoms with Crippen molar-refractivity contribution < 1.29 is 9.53 Å². The molecular weight excluding hydrogens is 305 g/mol. The molecule has 15 heavy (non-hydrogen) atoms. The minimum absolute atomic E-state index is 0.000309. The van der Waals surface area contributed by atoms with E-state index in [4.69, 9.17) is 4.74 Å². The van der Waals surface area contributed by atoms with E-state index in [0.717, 1.165) is 16.5 Å². The Bertz CT molecular complexity index is 342. The second-order valence-corrected chi connectivity index (χ2v) is 4.55. The van der Waals surface area contributed by atoms with E-state index < -0.39 is 0 Å². The third-order valence-electron chi connectivity index (χ3n) is 2.52. The first-order valence-electron chi connectivity index (χ1n) is 4.96. The van der Waals surface area contributed by atoms with Gasteiger partial charge in [0, 0.05) is 22.7 Å². The predicted molar refractivity (Wildman–Crippen MR) is 64.8 cm³/mol. The van der Waals surface area contributed by atoms with Gasteiger partial charge in [0.2, 0.25) is 0 Å². The second kappa shape index (κ2) is 4.92. The van der Waals surface area contributed by atoms with Gasteiger partial charge in [-0.3, -0.25) is 9.78 Å². The molecule has 80 valence electrons. The maximum absolute atomic E-state index is 11.5. The van der Waals surface area contributed by atoms with Gasteiger partial charge in [0.1, 0.15) is 6.10 Å². The zero-order valence-electron chi connectivity index (χ0n) is 8.23. The average molecular weight is 317 g/mol. The van der Waals surface area contributed by atoms with Gasteiger partial charge in [0.25, 0.3) is 0 Å². The minimum atomic E-state index is -0.0673. The number of halogens is 1. The molecule has 1 fully saturated rings. The molecule has 1 aliphatic heterocycles. The van der Waals surface area contributed by atoms with Crippen molar-refractivity contribution in [1.29, 1.82) is 0 Å². The maximum atomic E-state index is 11.5. The molecule has 0 saturated carbocycles. The van der Waals surface area contributed by atoms with Crippen molar-refractivity contribution in [2.24, 2.45) is 5.92 Å². The monoisotopic (exact) mass is 317 g/mol. The highest BCUT2D eigenvalue weighted by Crippen LogP contribution is 2.25. The van der Waals surface area contributed by atoms with E-state index in [0.29, 0.717) is 6.42 Å². The number of aromatic nitrogens is 1. The number of ether oxygens (including phenoxy) is 1. The van der Waals surface area contributed by atoms with Crippen LogP contribution in [-0.4, -0.2) is 21.5 Å². The number of rotatable bonds is 3. The number of pyridine rings is 1. The molecule has 2 heterocycles. The predicted octanol–water partition coefficient (Wildman–Crippen LogP) is 1.99. The van der Waals surface area contributed by atoms with E-state index in [1.165, 1.54) is 0 Å². The Kier molecular flexibility index (Phi) is 3.56. The Hall–Kier alpha value is -0.650. The van der Waals surface area contributed by atoms with Crippen LogP contribution in [-0.2, 0) is 16.0 Å². The summed E-state index contributed by atoms with van der Waals surface area (Å²) in [5.41, 5.74) is 0.966. The van der Waals surface area contributed by atoms with Gasteiger partial charge in [-0.05, 0) is 18.6 Å². The van der Waals surface area contributed by atoms with E-state index in [2.05, 4.69) is 27.6 Å². The van der Waals surface area contributed by atoms with Gasteiger partial charge in [0.05, 0.1) is 5.92 Å². The lowest BCUT2D eigenvalue weighted by Crippen LogP contribution is -2.11. The summed E-state index contributed by atoms with van der Waals surface area (Å²) in [6, 6.07) is 5.77. The molecule has 2 atom stereocenters. The number of hydrogen-bond donors (Lipinski definition) is 0. The molecule has 0 aromatic carbocycles. The molecule has 3 nitrogen and oxygen atoms in total. The van der Waals surface area contributed by atoms with Crippen LogP contribution in [0, 0.1) is 5.92 Å². The fraction of sp³-hybridized carbons (Fsp3) is 0.455. The Labute approximate surface area is 102 Å². The molecule has 1 saturated heterocycles. The van der Waals surface area contributed by atoms with E-state index in [9.17, 15) is 4.79 Å². The van der Waals surface area contributed by atoms with Crippen LogP contribution in [0.25, 0.3) is 0 Å². The number of carbonyl (C=O) groups is 1. The normalized spacial score (nSPS) is 25.3. The summed E-state index contributed by atoms with van der Waals surface area (Å²) < 4.78 is 6.10. The number of hydrogen-bond acceptors (Lipinski definition) is 3. The zero-order chi connectivity index (χ0) is 10.7. The largest absolute Gasteiger partial charge is 0.461 e. The second-order valence-electron chi connectivity index (χ2n) is 3.67. The Balaban J connectivity index is 1.99. The third-order valence-corrected chi connectivity index (χ3v) is 3.50. The standard InChI is InChI=1S/C11H12INO2/c12-7-10-6-8(11(14)15-10)5-9-3-1-2-4-13-9/h1-4,8,10H,5-7H2/t8-,10+/m1/s1. The summed E-state index contributed by atoms with van der Waals surface area (Å²) in [7, 11) is 0. The molecule has 1 aliphatic rings. The first-order valence-corrected chi connectivity index (χ1v) is 6.48. The number of carbonyl (C=O) groups excluding carboxylic acids is 1. The maximum Gasteiger partial charge on any atom is 0.309 e. The van der Waals surface area contributed by atoms with Crippen molar-refractivity contribution in [2.45, 2.75) is 18.9 Å². The summed E-state index contributed by atoms with van der Waals surface area (Å²) >= 11 is 2.25. The molecule has 1 aromatic rings. The smallest absolute Gasteiger partial charge is 0.309 e. The Morgan fingerprint density at radius 1 is 1.53 bits per heavy atom. The molecule has 0 radical (unpaired) electrons. The van der Waals surface area contributed by atoms with Crippen LogP contribution < -0.4 is 0 Å². The van der Waals surface area contributed by atoms with Crippen molar-refractivity contribution in [3.05, 3.63) is 30.1 Å². The van der Waals surface area contributed by atoms with Crippen molar-refractivity contribution in [3.63, 3.8) is 0 Å². The van der Waals surface area contributed by atoms with E-state index >= 15 is 0 Å². The number of cyclic esters (lactones) is 1. The molecule has 0 amide bonds. The molecule has 0 N–H and O–H groups in total. The Morgan fingerprint density at radius 2 is 2.40 bits per heavy atom. The number of alkyl halides is 1. The highest BCUT2D eigenvalue weighted by Gasteiger charge is 2.33. The van der Waals surface area contributed by atoms with E-state index in [-0.39, 0.29) is 18.0 Å². The van der Waals surface area contributed by atoms with Crippen molar-refractivity contribution in [2.75, 3.05) is 4.43 Å². The summed E-state index contributed by atoms with van der Waals surface area (Å²) in [6.45, 7) is 0. The van der Waals surface area contributed by atoms with Crippen molar-refractivity contribution >= 4 is 28.6 Å². The molecule has 0 aliphatic carbocycles. The van der Waals surface area contributed by atoms with Gasteiger partial charge in [-0.1, -0.05) is 28.7 Å². The summed E-state index contributed by atoms with van der Waals surface area (Å²) in [5, 5.41) is 0. The number of nitrogens with zero attached hydrogens (tertiary/aromatic N) is 1. The summed E-state index contributed by atoms with van der Waals surface area (Å²) in [5.74, 6) is -0.0676. The van der Waals surface area contributed by atoms with Gasteiger partial charge in [-0.2, -0.15) is 0 Å². The van der Waals surface area contributed by atoms with Gasteiger partial charge in [-0.15, -0.1) is 0 Å². The molecular formula is C11H12INO2. The third kappa shape index (κ3) is 2.68. The minimum Gasteiger partial charge on any atom is -0.461 e.